The highest BCUT2D eigenvalue weighted by Crippen LogP contribution is 2.18. The molecule has 0 aliphatic carbocycles. The van der Waals surface area contributed by atoms with Crippen LogP contribution < -0.4 is 10.6 Å². The number of aliphatic imine (C=N–C) groups is 1. The molecule has 1 fully saturated rings. The molecule has 0 amide bonds. The number of unbranched alkanes of at least 4 members (excludes halogenated alkanes) is 1. The van der Waals surface area contributed by atoms with Crippen molar-refractivity contribution in [3.63, 3.8) is 0 Å². The number of nitrogens with one attached hydrogen (secondary N) is 2. The molecule has 27 heavy (non-hydrogen) atoms. The van der Waals surface area contributed by atoms with Crippen LogP contribution in [0.1, 0.15) is 50.7 Å². The third-order valence-electron chi connectivity index (χ3n) is 5.20. The largest absolute Gasteiger partial charge is 0.382 e. The van der Waals surface area contributed by atoms with Crippen LogP contribution in [0, 0.1) is 5.92 Å². The van der Waals surface area contributed by atoms with Crippen LogP contribution in [0.2, 0.25) is 0 Å². The number of hydrogen-bond donors (Lipinski definition) is 2. The van der Waals surface area contributed by atoms with Gasteiger partial charge in [0.25, 0.3) is 0 Å². The molecule has 1 aliphatic rings. The molecule has 152 valence electrons. The molecule has 1 heterocycles. The Morgan fingerprint density at radius 2 is 1.81 bits per heavy atom. The average molecular weight is 375 g/mol. The highest BCUT2D eigenvalue weighted by atomic mass is 16.5. The van der Waals surface area contributed by atoms with E-state index in [-0.39, 0.29) is 0 Å². The van der Waals surface area contributed by atoms with Gasteiger partial charge in [0.1, 0.15) is 0 Å². The molecule has 1 aromatic carbocycles. The zero-order valence-corrected chi connectivity index (χ0v) is 17.5. The van der Waals surface area contributed by atoms with Crippen LogP contribution in [0.15, 0.2) is 29.3 Å². The van der Waals surface area contributed by atoms with Gasteiger partial charge in [-0.25, -0.2) is 0 Å². The van der Waals surface area contributed by atoms with Gasteiger partial charge < -0.3 is 15.4 Å². The minimum atomic E-state index is 0.792. The summed E-state index contributed by atoms with van der Waals surface area (Å²) in [5, 5.41) is 6.75. The van der Waals surface area contributed by atoms with E-state index >= 15 is 0 Å². The molecule has 0 unspecified atom stereocenters. The summed E-state index contributed by atoms with van der Waals surface area (Å²) in [4.78, 5) is 6.87. The average Bonchev–Trinajstić information content (AvgIpc) is 2.70. The number of ether oxygens (including phenoxy) is 1. The zero-order valence-electron chi connectivity index (χ0n) is 17.5. The van der Waals surface area contributed by atoms with Gasteiger partial charge in [-0.15, -0.1) is 0 Å². The lowest BCUT2D eigenvalue weighted by Crippen LogP contribution is -2.37. The van der Waals surface area contributed by atoms with Crippen molar-refractivity contribution in [1.29, 1.82) is 0 Å². The van der Waals surface area contributed by atoms with E-state index in [1.807, 2.05) is 14.0 Å². The van der Waals surface area contributed by atoms with Crippen LogP contribution in [0.25, 0.3) is 0 Å². The Labute approximate surface area is 165 Å². The molecule has 0 aromatic heterocycles. The zero-order chi connectivity index (χ0) is 19.3. The molecular formula is C22H38N4O. The van der Waals surface area contributed by atoms with Gasteiger partial charge >= 0.3 is 0 Å². The Kier molecular flexibility index (Phi) is 10.2. The summed E-state index contributed by atoms with van der Waals surface area (Å²) in [6.45, 7) is 11.3. The Morgan fingerprint density at radius 3 is 2.48 bits per heavy atom. The third kappa shape index (κ3) is 8.76. The van der Waals surface area contributed by atoms with Gasteiger partial charge in [0.15, 0.2) is 5.96 Å². The smallest absolute Gasteiger partial charge is 0.191 e. The summed E-state index contributed by atoms with van der Waals surface area (Å²) in [6, 6.07) is 8.98. The van der Waals surface area contributed by atoms with Crippen molar-refractivity contribution in [2.24, 2.45) is 10.9 Å². The van der Waals surface area contributed by atoms with Crippen molar-refractivity contribution in [2.45, 2.75) is 52.6 Å². The van der Waals surface area contributed by atoms with Gasteiger partial charge in [-0.2, -0.15) is 0 Å². The molecule has 0 saturated carbocycles. The van der Waals surface area contributed by atoms with Crippen molar-refractivity contribution in [1.82, 2.24) is 15.5 Å². The lowest BCUT2D eigenvalue weighted by atomic mass is 9.99. The molecule has 1 saturated heterocycles. The second-order valence-electron chi connectivity index (χ2n) is 7.53. The first-order valence-corrected chi connectivity index (χ1v) is 10.5. The highest BCUT2D eigenvalue weighted by Gasteiger charge is 2.15. The van der Waals surface area contributed by atoms with E-state index in [1.54, 1.807) is 0 Å². The molecule has 5 heteroatoms. The van der Waals surface area contributed by atoms with E-state index in [0.29, 0.717) is 0 Å². The maximum absolute atomic E-state index is 5.36. The SMILES string of the molecule is CCOCCCCNC(=NC)NCc1ccc(CN2CCC(C)CC2)cc1. The predicted octanol–water partition coefficient (Wildman–Crippen LogP) is 3.40. The molecule has 0 radical (unpaired) electrons. The summed E-state index contributed by atoms with van der Waals surface area (Å²) in [5.41, 5.74) is 2.69. The predicted molar refractivity (Wildman–Crippen MR) is 114 cm³/mol. The summed E-state index contributed by atoms with van der Waals surface area (Å²) in [5.74, 6) is 1.75. The molecule has 5 nitrogen and oxygen atoms in total. The number of nitrogens with zero attached hydrogens (tertiary/aromatic N) is 2. The summed E-state index contributed by atoms with van der Waals surface area (Å²) < 4.78 is 5.36. The summed E-state index contributed by atoms with van der Waals surface area (Å²) in [6.07, 6.45) is 4.83. The van der Waals surface area contributed by atoms with Crippen molar-refractivity contribution in [3.8, 4) is 0 Å². The van der Waals surface area contributed by atoms with Crippen LogP contribution >= 0.6 is 0 Å². The Morgan fingerprint density at radius 1 is 1.11 bits per heavy atom. The van der Waals surface area contributed by atoms with Gasteiger partial charge in [-0.05, 0) is 62.7 Å². The second kappa shape index (κ2) is 12.7. The topological polar surface area (TPSA) is 48.9 Å². The van der Waals surface area contributed by atoms with Gasteiger partial charge in [-0.3, -0.25) is 9.89 Å². The molecule has 0 spiro atoms. The first-order valence-electron chi connectivity index (χ1n) is 10.5. The van der Waals surface area contributed by atoms with Crippen molar-refractivity contribution < 1.29 is 4.74 Å². The first kappa shape index (κ1) is 21.7. The fraction of sp³-hybridized carbons (Fsp3) is 0.682. The van der Waals surface area contributed by atoms with E-state index in [2.05, 4.69) is 51.7 Å². The Balaban J connectivity index is 1.66. The third-order valence-corrected chi connectivity index (χ3v) is 5.20. The van der Waals surface area contributed by atoms with E-state index in [1.165, 1.54) is 37.1 Å². The van der Waals surface area contributed by atoms with Gasteiger partial charge in [-0.1, -0.05) is 31.2 Å². The maximum atomic E-state index is 5.36. The van der Waals surface area contributed by atoms with Crippen molar-refractivity contribution in [2.75, 3.05) is 39.9 Å². The number of hydrogen-bond acceptors (Lipinski definition) is 3. The molecule has 1 aromatic rings. The number of guanidine groups is 1. The highest BCUT2D eigenvalue weighted by molar-refractivity contribution is 5.79. The minimum Gasteiger partial charge on any atom is -0.382 e. The van der Waals surface area contributed by atoms with E-state index < -0.39 is 0 Å². The lowest BCUT2D eigenvalue weighted by Gasteiger charge is -2.30. The van der Waals surface area contributed by atoms with Gasteiger partial charge in [0, 0.05) is 39.9 Å². The molecule has 0 bridgehead atoms. The van der Waals surface area contributed by atoms with Crippen LogP contribution in [0.3, 0.4) is 0 Å². The van der Waals surface area contributed by atoms with Crippen molar-refractivity contribution in [3.05, 3.63) is 35.4 Å². The number of benzene rings is 1. The molecule has 2 rings (SSSR count). The maximum Gasteiger partial charge on any atom is 0.191 e. The van der Waals surface area contributed by atoms with Crippen molar-refractivity contribution >= 4 is 5.96 Å². The molecular weight excluding hydrogens is 336 g/mol. The van der Waals surface area contributed by atoms with Crippen LogP contribution in [0.4, 0.5) is 0 Å². The second-order valence-corrected chi connectivity index (χ2v) is 7.53. The quantitative estimate of drug-likeness (QED) is 0.374. The first-order chi connectivity index (χ1) is 13.2. The summed E-state index contributed by atoms with van der Waals surface area (Å²) in [7, 11) is 1.82. The minimum absolute atomic E-state index is 0.792. The fourth-order valence-electron chi connectivity index (χ4n) is 3.33. The van der Waals surface area contributed by atoms with Crippen LogP contribution in [-0.4, -0.2) is 50.8 Å². The van der Waals surface area contributed by atoms with Crippen LogP contribution in [-0.2, 0) is 17.8 Å². The van der Waals surface area contributed by atoms with Gasteiger partial charge in [0.05, 0.1) is 0 Å². The lowest BCUT2D eigenvalue weighted by molar-refractivity contribution is 0.143. The Bertz CT molecular complexity index is 536. The molecule has 2 N–H and O–H groups in total. The Hall–Kier alpha value is -1.59. The summed E-state index contributed by atoms with van der Waals surface area (Å²) >= 11 is 0. The van der Waals surface area contributed by atoms with E-state index in [9.17, 15) is 0 Å². The van der Waals surface area contributed by atoms with E-state index in [4.69, 9.17) is 4.74 Å². The monoisotopic (exact) mass is 374 g/mol. The molecule has 0 atom stereocenters. The number of likely N-dealkylation sites (tertiary alicyclic amines) is 1. The standard InChI is InChI=1S/C22H38N4O/c1-4-27-16-6-5-13-24-22(23-3)25-17-20-7-9-21(10-8-20)18-26-14-11-19(2)12-15-26/h7-10,19H,4-6,11-18H2,1-3H3,(H2,23,24,25). The van der Waals surface area contributed by atoms with Crippen LogP contribution in [0.5, 0.6) is 0 Å². The fourth-order valence-corrected chi connectivity index (χ4v) is 3.33. The normalized spacial score (nSPS) is 16.5. The number of rotatable bonds is 10. The number of piperidine rings is 1. The van der Waals surface area contributed by atoms with Gasteiger partial charge in [0.2, 0.25) is 0 Å². The molecule has 1 aliphatic heterocycles. The van der Waals surface area contributed by atoms with E-state index in [0.717, 1.165) is 57.6 Å².